The standard InChI is InChI=1S/C17H28FN3O3/c1-3-19-17(20-9-6-10-24-12-11-23-2)21-13-16(22)14-7-4-5-8-15(14)18/h4-5,7-8,16,22H,3,6,9-13H2,1-2H3,(H2,19,20,21). The van der Waals surface area contributed by atoms with E-state index in [0.29, 0.717) is 38.9 Å². The lowest BCUT2D eigenvalue weighted by Gasteiger charge is -2.13. The highest BCUT2D eigenvalue weighted by atomic mass is 19.1. The average molecular weight is 341 g/mol. The average Bonchev–Trinajstić information content (AvgIpc) is 2.59. The van der Waals surface area contributed by atoms with Gasteiger partial charge in [-0.3, -0.25) is 4.99 Å². The molecule has 0 saturated heterocycles. The van der Waals surface area contributed by atoms with Crippen molar-refractivity contribution in [1.82, 2.24) is 10.6 Å². The molecule has 0 aliphatic rings. The first-order valence-corrected chi connectivity index (χ1v) is 8.20. The minimum absolute atomic E-state index is 0.0839. The molecule has 0 saturated carbocycles. The predicted molar refractivity (Wildman–Crippen MR) is 92.7 cm³/mol. The van der Waals surface area contributed by atoms with E-state index in [1.807, 2.05) is 6.92 Å². The Labute approximate surface area is 143 Å². The van der Waals surface area contributed by atoms with E-state index in [1.165, 1.54) is 6.07 Å². The van der Waals surface area contributed by atoms with E-state index in [0.717, 1.165) is 6.42 Å². The van der Waals surface area contributed by atoms with Crippen molar-refractivity contribution in [2.45, 2.75) is 19.4 Å². The van der Waals surface area contributed by atoms with Crippen LogP contribution in [0.5, 0.6) is 0 Å². The third-order valence-electron chi connectivity index (χ3n) is 3.22. The van der Waals surface area contributed by atoms with Gasteiger partial charge in [0.05, 0.1) is 19.8 Å². The first kappa shape index (κ1) is 20.3. The molecule has 1 aromatic carbocycles. The highest BCUT2D eigenvalue weighted by Crippen LogP contribution is 2.16. The molecule has 1 rings (SSSR count). The molecule has 0 amide bonds. The molecule has 6 nitrogen and oxygen atoms in total. The minimum atomic E-state index is -0.973. The monoisotopic (exact) mass is 341 g/mol. The zero-order valence-electron chi connectivity index (χ0n) is 14.4. The molecule has 0 heterocycles. The van der Waals surface area contributed by atoms with Gasteiger partial charge in [-0.1, -0.05) is 18.2 Å². The lowest BCUT2D eigenvalue weighted by molar-refractivity contribution is 0.0698. The number of hydrogen-bond donors (Lipinski definition) is 3. The fourth-order valence-electron chi connectivity index (χ4n) is 1.99. The Morgan fingerprint density at radius 2 is 2.04 bits per heavy atom. The van der Waals surface area contributed by atoms with E-state index >= 15 is 0 Å². The van der Waals surface area contributed by atoms with Crippen LogP contribution < -0.4 is 10.6 Å². The van der Waals surface area contributed by atoms with Crippen LogP contribution in [0.3, 0.4) is 0 Å². The number of nitrogens with zero attached hydrogens (tertiary/aromatic N) is 1. The zero-order chi connectivity index (χ0) is 17.6. The maximum absolute atomic E-state index is 13.6. The number of halogens is 1. The summed E-state index contributed by atoms with van der Waals surface area (Å²) in [7, 11) is 1.64. The van der Waals surface area contributed by atoms with Crippen molar-refractivity contribution in [2.24, 2.45) is 4.99 Å². The van der Waals surface area contributed by atoms with E-state index in [4.69, 9.17) is 9.47 Å². The van der Waals surface area contributed by atoms with Crippen LogP contribution >= 0.6 is 0 Å². The first-order chi connectivity index (χ1) is 11.7. The van der Waals surface area contributed by atoms with Gasteiger partial charge in [0.15, 0.2) is 5.96 Å². The van der Waals surface area contributed by atoms with Crippen LogP contribution in [0.4, 0.5) is 4.39 Å². The van der Waals surface area contributed by atoms with Crippen molar-refractivity contribution in [2.75, 3.05) is 46.6 Å². The highest BCUT2D eigenvalue weighted by molar-refractivity contribution is 5.79. The molecule has 136 valence electrons. The summed E-state index contributed by atoms with van der Waals surface area (Å²) in [6.07, 6.45) is -0.150. The topological polar surface area (TPSA) is 75.1 Å². The predicted octanol–water partition coefficient (Wildman–Crippen LogP) is 1.47. The number of aliphatic hydroxyl groups excluding tert-OH is 1. The van der Waals surface area contributed by atoms with Gasteiger partial charge in [-0.2, -0.15) is 0 Å². The van der Waals surface area contributed by atoms with Crippen LogP contribution in [0.2, 0.25) is 0 Å². The summed E-state index contributed by atoms with van der Waals surface area (Å²) in [5.74, 6) is 0.163. The molecule has 0 bridgehead atoms. The summed E-state index contributed by atoms with van der Waals surface area (Å²) in [5, 5.41) is 16.3. The molecule has 1 atom stereocenters. The summed E-state index contributed by atoms with van der Waals surface area (Å²) in [5.41, 5.74) is 0.253. The molecular weight excluding hydrogens is 313 g/mol. The molecule has 1 unspecified atom stereocenters. The number of ether oxygens (including phenoxy) is 2. The summed E-state index contributed by atoms with van der Waals surface area (Å²) < 4.78 is 23.9. The van der Waals surface area contributed by atoms with E-state index in [1.54, 1.807) is 25.3 Å². The molecule has 0 fully saturated rings. The molecule has 0 aliphatic heterocycles. The zero-order valence-corrected chi connectivity index (χ0v) is 14.4. The van der Waals surface area contributed by atoms with Gasteiger partial charge in [-0.15, -0.1) is 0 Å². The molecule has 0 aromatic heterocycles. The van der Waals surface area contributed by atoms with Crippen molar-refractivity contribution in [1.29, 1.82) is 0 Å². The normalized spacial score (nSPS) is 12.9. The Bertz CT molecular complexity index is 486. The quantitative estimate of drug-likeness (QED) is 0.323. The third kappa shape index (κ3) is 8.24. The second-order valence-corrected chi connectivity index (χ2v) is 5.14. The van der Waals surface area contributed by atoms with Crippen molar-refractivity contribution in [3.63, 3.8) is 0 Å². The van der Waals surface area contributed by atoms with Crippen LogP contribution in [-0.2, 0) is 9.47 Å². The number of nitrogens with one attached hydrogen (secondary N) is 2. The number of aliphatic hydroxyl groups is 1. The highest BCUT2D eigenvalue weighted by Gasteiger charge is 2.11. The largest absolute Gasteiger partial charge is 0.386 e. The molecule has 0 radical (unpaired) electrons. The number of guanidine groups is 1. The van der Waals surface area contributed by atoms with Crippen LogP contribution in [0, 0.1) is 5.82 Å². The van der Waals surface area contributed by atoms with Gasteiger partial charge >= 0.3 is 0 Å². The Kier molecular flexibility index (Phi) is 10.8. The second-order valence-electron chi connectivity index (χ2n) is 5.14. The third-order valence-corrected chi connectivity index (χ3v) is 3.22. The number of benzene rings is 1. The van der Waals surface area contributed by atoms with Crippen molar-refractivity contribution in [3.05, 3.63) is 35.6 Å². The lowest BCUT2D eigenvalue weighted by Crippen LogP contribution is -2.38. The molecule has 3 N–H and O–H groups in total. The molecular formula is C17H28FN3O3. The Morgan fingerprint density at radius 3 is 2.75 bits per heavy atom. The number of aliphatic imine (C=N–C) groups is 1. The Hall–Kier alpha value is -1.70. The number of methoxy groups -OCH3 is 1. The van der Waals surface area contributed by atoms with Crippen LogP contribution in [0.15, 0.2) is 29.3 Å². The van der Waals surface area contributed by atoms with Crippen molar-refractivity contribution in [3.8, 4) is 0 Å². The molecule has 1 aromatic rings. The Balaban J connectivity index is 2.37. The van der Waals surface area contributed by atoms with Crippen molar-refractivity contribution >= 4 is 5.96 Å². The summed E-state index contributed by atoms with van der Waals surface area (Å²) >= 11 is 0. The maximum Gasteiger partial charge on any atom is 0.191 e. The fraction of sp³-hybridized carbons (Fsp3) is 0.588. The minimum Gasteiger partial charge on any atom is -0.386 e. The van der Waals surface area contributed by atoms with Gasteiger partial charge in [0.1, 0.15) is 11.9 Å². The summed E-state index contributed by atoms with van der Waals surface area (Å²) in [4.78, 5) is 4.30. The number of rotatable bonds is 11. The number of hydrogen-bond acceptors (Lipinski definition) is 4. The van der Waals surface area contributed by atoms with Gasteiger partial charge in [-0.25, -0.2) is 4.39 Å². The molecule has 0 spiro atoms. The smallest absolute Gasteiger partial charge is 0.191 e. The van der Waals surface area contributed by atoms with Crippen molar-refractivity contribution < 1.29 is 19.0 Å². The van der Waals surface area contributed by atoms with Gasteiger partial charge in [0.2, 0.25) is 0 Å². The summed E-state index contributed by atoms with van der Waals surface area (Å²) in [6, 6.07) is 6.18. The maximum atomic E-state index is 13.6. The summed E-state index contributed by atoms with van der Waals surface area (Å²) in [6.45, 7) is 5.23. The van der Waals surface area contributed by atoms with E-state index in [9.17, 15) is 9.50 Å². The first-order valence-electron chi connectivity index (χ1n) is 8.20. The van der Waals surface area contributed by atoms with Gasteiger partial charge < -0.3 is 25.2 Å². The van der Waals surface area contributed by atoms with Gasteiger partial charge in [-0.05, 0) is 19.4 Å². The van der Waals surface area contributed by atoms with Crippen LogP contribution in [-0.4, -0.2) is 57.6 Å². The van der Waals surface area contributed by atoms with Gasteiger partial charge in [0.25, 0.3) is 0 Å². The van der Waals surface area contributed by atoms with Crippen LogP contribution in [0.25, 0.3) is 0 Å². The van der Waals surface area contributed by atoms with E-state index < -0.39 is 11.9 Å². The molecule has 7 heteroatoms. The lowest BCUT2D eigenvalue weighted by atomic mass is 10.1. The van der Waals surface area contributed by atoms with Gasteiger partial charge in [0, 0.05) is 32.4 Å². The Morgan fingerprint density at radius 1 is 1.25 bits per heavy atom. The molecule has 0 aliphatic carbocycles. The van der Waals surface area contributed by atoms with E-state index in [2.05, 4.69) is 15.6 Å². The SMILES string of the molecule is CCNC(=NCC(O)c1ccccc1F)NCCCOCCOC. The van der Waals surface area contributed by atoms with E-state index in [-0.39, 0.29) is 12.1 Å². The second kappa shape index (κ2) is 12.7. The fourth-order valence-corrected chi connectivity index (χ4v) is 1.99. The molecule has 24 heavy (non-hydrogen) atoms. The van der Waals surface area contributed by atoms with Crippen LogP contribution in [0.1, 0.15) is 25.0 Å².